The molecule has 3 nitrogen and oxygen atoms in total. The maximum atomic E-state index is 10.3. The number of aryl methyl sites for hydroxylation is 4. The summed E-state index contributed by atoms with van der Waals surface area (Å²) < 4.78 is 2.68. The Bertz CT molecular complexity index is 3920. The van der Waals surface area contributed by atoms with Crippen molar-refractivity contribution >= 4 is 56.6 Å². The number of anilines is 3. The number of aromatic nitrogens is 1. The molecule has 0 aliphatic carbocycles. The molecule has 2 aliphatic heterocycles. The van der Waals surface area contributed by atoms with Crippen LogP contribution in [0.2, 0.25) is 0 Å². The van der Waals surface area contributed by atoms with Gasteiger partial charge in [0, 0.05) is 44.4 Å². The average Bonchev–Trinajstić information content (AvgIpc) is 3.71. The number of rotatable bonds is 6. The molecule has 4 heteroatoms. The fourth-order valence-corrected chi connectivity index (χ4v) is 12.2. The second kappa shape index (κ2) is 16.0. The SMILES string of the molecule is Cc1cccc(C)c1-c1ccc2c(c1)c1cc(-c3c(C)cccc3C)cc3c1n2B1c2ccccc2N(c2cc(-c4ccccc4)cc(-c4ccccc4)c2)c2cc(-c4cccc(C#N)c4)c(C)c-3c21. The van der Waals surface area contributed by atoms with E-state index in [-0.39, 0.29) is 6.85 Å². The smallest absolute Gasteiger partial charge is 0.333 e. The molecule has 0 saturated carbocycles. The van der Waals surface area contributed by atoms with Gasteiger partial charge in [-0.1, -0.05) is 133 Å². The van der Waals surface area contributed by atoms with Crippen molar-refractivity contribution in [3.63, 3.8) is 0 Å². The standard InChI is InChI=1S/C66H48BN3/c1-40-17-14-18-41(2)62(40)49-29-30-59-55(35-49)56-36-52(63-42(3)19-15-20-43(63)4)37-57-64-44(5)54(48-26-16-21-45(31-48)39-68)38-61-65(64)67(70(59)66(56)57)58-27-12-13-28-60(58)69(61)53-33-50(46-22-8-6-9-23-46)32-51(34-53)47-24-10-7-11-25-47/h6-38H,1-5H3. The first-order valence-electron chi connectivity index (χ1n) is 24.3. The Labute approximate surface area is 410 Å². The molecule has 0 fully saturated rings. The summed E-state index contributed by atoms with van der Waals surface area (Å²) in [4.78, 5) is 2.53. The molecule has 13 rings (SSSR count). The summed E-state index contributed by atoms with van der Waals surface area (Å²) in [5, 5.41) is 12.8. The maximum Gasteiger partial charge on any atom is 0.333 e. The van der Waals surface area contributed by atoms with Gasteiger partial charge < -0.3 is 9.38 Å². The lowest BCUT2D eigenvalue weighted by molar-refractivity contribution is 1.25. The highest BCUT2D eigenvalue weighted by molar-refractivity contribution is 6.90. The Morgan fingerprint density at radius 2 is 1.00 bits per heavy atom. The fraction of sp³-hybridized carbons (Fsp3) is 0.0758. The molecule has 0 saturated heterocycles. The number of hydrogen-bond donors (Lipinski definition) is 0. The Morgan fingerprint density at radius 3 is 1.66 bits per heavy atom. The van der Waals surface area contributed by atoms with Crippen LogP contribution in [0, 0.1) is 45.9 Å². The van der Waals surface area contributed by atoms with E-state index in [1.165, 1.54) is 105 Å². The van der Waals surface area contributed by atoms with Gasteiger partial charge in [-0.05, 0) is 201 Å². The van der Waals surface area contributed by atoms with Crippen molar-refractivity contribution in [2.45, 2.75) is 34.6 Å². The molecule has 0 radical (unpaired) electrons. The van der Waals surface area contributed by atoms with Crippen LogP contribution in [0.15, 0.2) is 200 Å². The van der Waals surface area contributed by atoms with Gasteiger partial charge in [-0.15, -0.1) is 0 Å². The molecular weight excluding hydrogens is 846 g/mol. The minimum Gasteiger partial charge on any atom is -0.375 e. The van der Waals surface area contributed by atoms with Crippen molar-refractivity contribution in [3.8, 4) is 72.8 Å². The van der Waals surface area contributed by atoms with E-state index < -0.39 is 0 Å². The highest BCUT2D eigenvalue weighted by Crippen LogP contribution is 2.51. The summed E-state index contributed by atoms with van der Waals surface area (Å²) in [5.74, 6) is 0. The number of nitriles is 1. The largest absolute Gasteiger partial charge is 0.375 e. The van der Waals surface area contributed by atoms with Crippen LogP contribution in [0.4, 0.5) is 17.1 Å². The molecule has 3 heterocycles. The molecule has 0 spiro atoms. The minimum atomic E-state index is -0.133. The van der Waals surface area contributed by atoms with Crippen molar-refractivity contribution in [3.05, 3.63) is 234 Å². The molecule has 11 aromatic rings. The van der Waals surface area contributed by atoms with Crippen LogP contribution in [-0.2, 0) is 0 Å². The van der Waals surface area contributed by atoms with Crippen LogP contribution in [0.1, 0.15) is 33.4 Å². The zero-order valence-corrected chi connectivity index (χ0v) is 40.0. The lowest BCUT2D eigenvalue weighted by Crippen LogP contribution is -2.56. The van der Waals surface area contributed by atoms with E-state index in [0.717, 1.165) is 39.3 Å². The van der Waals surface area contributed by atoms with Crippen molar-refractivity contribution < 1.29 is 0 Å². The summed E-state index contributed by atoms with van der Waals surface area (Å²) >= 11 is 0. The van der Waals surface area contributed by atoms with Gasteiger partial charge in [0.25, 0.3) is 0 Å². The van der Waals surface area contributed by atoms with E-state index >= 15 is 0 Å². The van der Waals surface area contributed by atoms with E-state index in [9.17, 15) is 5.26 Å². The topological polar surface area (TPSA) is 32.0 Å². The summed E-state index contributed by atoms with van der Waals surface area (Å²) in [5.41, 5.74) is 29.6. The van der Waals surface area contributed by atoms with Crippen molar-refractivity contribution in [2.24, 2.45) is 0 Å². The number of hydrogen-bond acceptors (Lipinski definition) is 2. The third-order valence-electron chi connectivity index (χ3n) is 15.2. The van der Waals surface area contributed by atoms with Gasteiger partial charge in [0.05, 0.1) is 11.6 Å². The minimum absolute atomic E-state index is 0.133. The van der Waals surface area contributed by atoms with Crippen LogP contribution in [0.5, 0.6) is 0 Å². The van der Waals surface area contributed by atoms with Gasteiger partial charge in [-0.3, -0.25) is 0 Å². The molecule has 0 amide bonds. The number of fused-ring (bicyclic) bond motifs is 7. The Balaban J connectivity index is 1.19. The van der Waals surface area contributed by atoms with Crippen LogP contribution < -0.4 is 15.8 Å². The van der Waals surface area contributed by atoms with E-state index in [1.54, 1.807) is 0 Å². The lowest BCUT2D eigenvalue weighted by atomic mass is 9.44. The molecular formula is C66H48BN3. The summed E-state index contributed by atoms with van der Waals surface area (Å²) in [6, 6.07) is 76.1. The van der Waals surface area contributed by atoms with E-state index in [1.807, 2.05) is 12.1 Å². The maximum absolute atomic E-state index is 10.3. The van der Waals surface area contributed by atoms with E-state index in [0.29, 0.717) is 5.56 Å². The van der Waals surface area contributed by atoms with E-state index in [2.05, 4.69) is 238 Å². The third kappa shape index (κ3) is 6.28. The zero-order chi connectivity index (χ0) is 47.4. The van der Waals surface area contributed by atoms with Crippen molar-refractivity contribution in [1.82, 2.24) is 4.48 Å². The monoisotopic (exact) mass is 893 g/mol. The van der Waals surface area contributed by atoms with Gasteiger partial charge in [0.15, 0.2) is 0 Å². The number of benzene rings is 10. The van der Waals surface area contributed by atoms with E-state index in [4.69, 9.17) is 0 Å². The Hall–Kier alpha value is -8.65. The Kier molecular flexibility index (Phi) is 9.48. The molecule has 0 unspecified atom stereocenters. The first kappa shape index (κ1) is 41.5. The van der Waals surface area contributed by atoms with Gasteiger partial charge >= 0.3 is 6.85 Å². The Morgan fingerprint density at radius 1 is 0.414 bits per heavy atom. The predicted molar refractivity (Wildman–Crippen MR) is 296 cm³/mol. The van der Waals surface area contributed by atoms with Gasteiger partial charge in [0.1, 0.15) is 0 Å². The fourth-order valence-electron chi connectivity index (χ4n) is 12.2. The molecule has 1 aromatic heterocycles. The molecule has 0 bridgehead atoms. The third-order valence-corrected chi connectivity index (χ3v) is 15.2. The van der Waals surface area contributed by atoms with Crippen molar-refractivity contribution in [1.29, 1.82) is 5.26 Å². The van der Waals surface area contributed by atoms with Crippen molar-refractivity contribution in [2.75, 3.05) is 4.90 Å². The highest BCUT2D eigenvalue weighted by atomic mass is 15.2. The quantitative estimate of drug-likeness (QED) is 0.156. The predicted octanol–water partition coefficient (Wildman–Crippen LogP) is 16.0. The number of nitrogens with zero attached hydrogens (tertiary/aromatic N) is 3. The molecule has 70 heavy (non-hydrogen) atoms. The summed E-state index contributed by atoms with van der Waals surface area (Å²) in [6.45, 7) is 11.1. The van der Waals surface area contributed by atoms with Crippen LogP contribution in [0.25, 0.3) is 88.6 Å². The van der Waals surface area contributed by atoms with Gasteiger partial charge in [-0.25, -0.2) is 0 Å². The second-order valence-corrected chi connectivity index (χ2v) is 19.4. The van der Waals surface area contributed by atoms with Gasteiger partial charge in [0.2, 0.25) is 0 Å². The molecule has 0 atom stereocenters. The van der Waals surface area contributed by atoms with Crippen LogP contribution in [-0.4, -0.2) is 11.3 Å². The average molecular weight is 894 g/mol. The molecule has 0 N–H and O–H groups in total. The first-order chi connectivity index (χ1) is 34.2. The highest BCUT2D eigenvalue weighted by Gasteiger charge is 2.44. The van der Waals surface area contributed by atoms with Crippen LogP contribution >= 0.6 is 0 Å². The van der Waals surface area contributed by atoms with Gasteiger partial charge in [-0.2, -0.15) is 5.26 Å². The number of para-hydroxylation sites is 1. The molecule has 10 aromatic carbocycles. The first-order valence-corrected chi connectivity index (χ1v) is 24.3. The lowest BCUT2D eigenvalue weighted by Gasteiger charge is -2.42. The summed E-state index contributed by atoms with van der Waals surface area (Å²) in [7, 11) is 0. The summed E-state index contributed by atoms with van der Waals surface area (Å²) in [6.07, 6.45) is 0. The zero-order valence-electron chi connectivity index (χ0n) is 40.0. The molecule has 330 valence electrons. The normalized spacial score (nSPS) is 12.3. The van der Waals surface area contributed by atoms with Crippen LogP contribution in [0.3, 0.4) is 0 Å². The molecule has 2 aliphatic rings. The second-order valence-electron chi connectivity index (χ2n) is 19.4.